The van der Waals surface area contributed by atoms with E-state index in [0.717, 1.165) is 6.42 Å². The molecule has 1 saturated heterocycles. The number of nitrogens with one attached hydrogen (secondary N) is 1. The molecule has 1 N–H and O–H groups in total. The molecule has 1 aromatic carbocycles. The van der Waals surface area contributed by atoms with Gasteiger partial charge in [0.15, 0.2) is 6.61 Å². The van der Waals surface area contributed by atoms with Crippen LogP contribution in [-0.2, 0) is 29.1 Å². The molecule has 9 nitrogen and oxygen atoms in total. The molecule has 1 aliphatic carbocycles. The first kappa shape index (κ1) is 20.6. The minimum absolute atomic E-state index is 0.0431. The van der Waals surface area contributed by atoms with Gasteiger partial charge < -0.3 is 19.5 Å². The number of anilines is 1. The quantitative estimate of drug-likeness (QED) is 0.661. The summed E-state index contributed by atoms with van der Waals surface area (Å²) in [6, 6.07) is 4.34. The number of esters is 1. The fourth-order valence-corrected chi connectivity index (χ4v) is 4.56. The van der Waals surface area contributed by atoms with Crippen LogP contribution in [0.25, 0.3) is 0 Å². The summed E-state index contributed by atoms with van der Waals surface area (Å²) in [5.41, 5.74) is 0.272. The van der Waals surface area contributed by atoms with Gasteiger partial charge >= 0.3 is 5.97 Å². The van der Waals surface area contributed by atoms with Crippen molar-refractivity contribution in [1.29, 1.82) is 0 Å². The molecule has 0 spiro atoms. The predicted octanol–water partition coefficient (Wildman–Crippen LogP) is 0.854. The first-order valence-corrected chi connectivity index (χ1v) is 10.5. The Labute approximate surface area is 164 Å². The van der Waals surface area contributed by atoms with E-state index in [0.29, 0.717) is 19.1 Å². The largest absolute Gasteiger partial charge is 0.495 e. The zero-order valence-corrected chi connectivity index (χ0v) is 16.7. The van der Waals surface area contributed by atoms with Crippen molar-refractivity contribution in [3.63, 3.8) is 0 Å². The molecule has 2 fully saturated rings. The van der Waals surface area contributed by atoms with Crippen LogP contribution in [0.5, 0.6) is 5.75 Å². The molecule has 1 aliphatic heterocycles. The lowest BCUT2D eigenvalue weighted by Crippen LogP contribution is -2.40. The second-order valence-corrected chi connectivity index (χ2v) is 8.76. The third kappa shape index (κ3) is 4.62. The first-order chi connectivity index (χ1) is 13.3. The molecule has 2 unspecified atom stereocenters. The summed E-state index contributed by atoms with van der Waals surface area (Å²) < 4.78 is 42.6. The van der Waals surface area contributed by atoms with Gasteiger partial charge in [0, 0.05) is 18.8 Å². The number of sulfonamides is 1. The Morgan fingerprint density at radius 1 is 1.29 bits per heavy atom. The van der Waals surface area contributed by atoms with Crippen LogP contribution in [0.2, 0.25) is 0 Å². The highest BCUT2D eigenvalue weighted by Crippen LogP contribution is 2.38. The van der Waals surface area contributed by atoms with Crippen LogP contribution in [0.3, 0.4) is 0 Å². The van der Waals surface area contributed by atoms with Gasteiger partial charge in [-0.1, -0.05) is 6.92 Å². The van der Waals surface area contributed by atoms with E-state index in [1.54, 1.807) is 0 Å². The molecule has 0 aromatic heterocycles. The van der Waals surface area contributed by atoms with E-state index in [9.17, 15) is 18.0 Å². The fraction of sp³-hybridized carbons (Fsp3) is 0.556. The van der Waals surface area contributed by atoms with E-state index >= 15 is 0 Å². The average Bonchev–Trinajstić information content (AvgIpc) is 3.43. The summed E-state index contributed by atoms with van der Waals surface area (Å²) in [5, 5.41) is 2.56. The van der Waals surface area contributed by atoms with E-state index < -0.39 is 22.5 Å². The number of carbonyl (C=O) groups excluding carboxylic acids is 2. The number of amides is 1. The molecule has 2 atom stereocenters. The van der Waals surface area contributed by atoms with E-state index in [2.05, 4.69) is 5.32 Å². The summed E-state index contributed by atoms with van der Waals surface area (Å²) >= 11 is 0. The molecule has 1 heterocycles. The van der Waals surface area contributed by atoms with E-state index in [-0.39, 0.29) is 41.3 Å². The van der Waals surface area contributed by atoms with Crippen molar-refractivity contribution >= 4 is 27.6 Å². The maximum atomic E-state index is 12.9. The van der Waals surface area contributed by atoms with Crippen molar-refractivity contribution in [2.24, 2.45) is 11.8 Å². The topological polar surface area (TPSA) is 111 Å². The van der Waals surface area contributed by atoms with Crippen LogP contribution < -0.4 is 10.1 Å². The normalized spacial score (nSPS) is 22.4. The second-order valence-electron chi connectivity index (χ2n) is 6.86. The summed E-state index contributed by atoms with van der Waals surface area (Å²) in [4.78, 5) is 23.7. The summed E-state index contributed by atoms with van der Waals surface area (Å²) in [6.45, 7) is 2.67. The third-order valence-electron chi connectivity index (χ3n) is 4.79. The SMILES string of the molecule is COc1ccc(NC(=O)COC(=O)C2CC2C)cc1S(=O)(=O)N1CCOCC1. The number of methoxy groups -OCH3 is 1. The zero-order valence-electron chi connectivity index (χ0n) is 15.8. The van der Waals surface area contributed by atoms with Crippen LogP contribution in [0.1, 0.15) is 13.3 Å². The molecule has 2 aliphatic rings. The lowest BCUT2D eigenvalue weighted by atomic mass is 10.3. The van der Waals surface area contributed by atoms with Crippen molar-refractivity contribution in [2.75, 3.05) is 45.3 Å². The van der Waals surface area contributed by atoms with Crippen LogP contribution in [0, 0.1) is 11.8 Å². The van der Waals surface area contributed by atoms with Crippen LogP contribution >= 0.6 is 0 Å². The van der Waals surface area contributed by atoms with Gasteiger partial charge in [0.2, 0.25) is 10.0 Å². The van der Waals surface area contributed by atoms with Gasteiger partial charge in [-0.25, -0.2) is 8.42 Å². The average molecular weight is 412 g/mol. The molecular formula is C18H24N2O7S. The summed E-state index contributed by atoms with van der Waals surface area (Å²) in [6.07, 6.45) is 0.779. The minimum atomic E-state index is -3.81. The minimum Gasteiger partial charge on any atom is -0.495 e. The Bertz CT molecular complexity index is 849. The molecular weight excluding hydrogens is 388 g/mol. The van der Waals surface area contributed by atoms with Gasteiger partial charge in [-0.3, -0.25) is 9.59 Å². The molecule has 3 rings (SSSR count). The van der Waals surface area contributed by atoms with Crippen molar-refractivity contribution < 1.29 is 32.2 Å². The Morgan fingerprint density at radius 3 is 2.57 bits per heavy atom. The van der Waals surface area contributed by atoms with Gasteiger partial charge in [-0.2, -0.15) is 4.31 Å². The lowest BCUT2D eigenvalue weighted by molar-refractivity contribution is -0.148. The third-order valence-corrected chi connectivity index (χ3v) is 6.71. The van der Waals surface area contributed by atoms with Gasteiger partial charge in [0.1, 0.15) is 10.6 Å². The number of benzene rings is 1. The number of rotatable bonds is 7. The van der Waals surface area contributed by atoms with E-state index in [1.165, 1.54) is 29.6 Å². The van der Waals surface area contributed by atoms with E-state index in [4.69, 9.17) is 14.2 Å². The lowest BCUT2D eigenvalue weighted by Gasteiger charge is -2.26. The number of carbonyl (C=O) groups is 2. The maximum Gasteiger partial charge on any atom is 0.309 e. The first-order valence-electron chi connectivity index (χ1n) is 9.05. The van der Waals surface area contributed by atoms with Crippen LogP contribution in [0.4, 0.5) is 5.69 Å². The second kappa shape index (κ2) is 8.46. The number of ether oxygens (including phenoxy) is 3. The molecule has 28 heavy (non-hydrogen) atoms. The number of hydrogen-bond donors (Lipinski definition) is 1. The monoisotopic (exact) mass is 412 g/mol. The molecule has 154 valence electrons. The van der Waals surface area contributed by atoms with Gasteiger partial charge in [-0.05, 0) is 30.5 Å². The van der Waals surface area contributed by atoms with Crippen molar-refractivity contribution in [3.8, 4) is 5.75 Å². The highest BCUT2D eigenvalue weighted by Gasteiger charge is 2.40. The molecule has 1 aromatic rings. The van der Waals surface area contributed by atoms with Crippen LogP contribution in [-0.4, -0.2) is 64.6 Å². The standard InChI is InChI=1S/C18H24N2O7S/c1-12-9-14(12)18(22)27-11-17(21)19-13-3-4-15(25-2)16(10-13)28(23,24)20-5-7-26-8-6-20/h3-4,10,12,14H,5-9,11H2,1-2H3,(H,19,21). The predicted molar refractivity (Wildman–Crippen MR) is 99.4 cm³/mol. The number of hydrogen-bond acceptors (Lipinski definition) is 7. The maximum absolute atomic E-state index is 12.9. The molecule has 0 radical (unpaired) electrons. The van der Waals surface area contributed by atoms with Crippen molar-refractivity contribution in [2.45, 2.75) is 18.2 Å². The molecule has 0 bridgehead atoms. The zero-order chi connectivity index (χ0) is 20.3. The van der Waals surface area contributed by atoms with Crippen LogP contribution in [0.15, 0.2) is 23.1 Å². The summed E-state index contributed by atoms with van der Waals surface area (Å²) in [5.74, 6) is -0.572. The summed E-state index contributed by atoms with van der Waals surface area (Å²) in [7, 11) is -2.43. The highest BCUT2D eigenvalue weighted by molar-refractivity contribution is 7.89. The Hall–Kier alpha value is -2.17. The van der Waals surface area contributed by atoms with Crippen molar-refractivity contribution in [1.82, 2.24) is 4.31 Å². The van der Waals surface area contributed by atoms with Gasteiger partial charge in [0.25, 0.3) is 5.91 Å². The van der Waals surface area contributed by atoms with Crippen molar-refractivity contribution in [3.05, 3.63) is 18.2 Å². The molecule has 1 saturated carbocycles. The smallest absolute Gasteiger partial charge is 0.309 e. The Morgan fingerprint density at radius 2 is 1.96 bits per heavy atom. The van der Waals surface area contributed by atoms with Gasteiger partial charge in [-0.15, -0.1) is 0 Å². The highest BCUT2D eigenvalue weighted by atomic mass is 32.2. The van der Waals surface area contributed by atoms with E-state index in [1.807, 2.05) is 6.92 Å². The molecule has 10 heteroatoms. The van der Waals surface area contributed by atoms with Gasteiger partial charge in [0.05, 0.1) is 26.2 Å². The Balaban J connectivity index is 1.69. The number of morpholine rings is 1. The fourth-order valence-electron chi connectivity index (χ4n) is 2.97. The number of nitrogens with zero attached hydrogens (tertiary/aromatic N) is 1. The molecule has 1 amide bonds. The Kier molecular flexibility index (Phi) is 6.21.